The highest BCUT2D eigenvalue weighted by molar-refractivity contribution is 7.17. The maximum atomic E-state index is 13.2. The van der Waals surface area contributed by atoms with Crippen LogP contribution in [0, 0.1) is 24.7 Å². The molecule has 158 valence electrons. The molecule has 2 N–H and O–H groups in total. The Hall–Kier alpha value is -1.91. The van der Waals surface area contributed by atoms with Gasteiger partial charge >= 0.3 is 0 Å². The van der Waals surface area contributed by atoms with E-state index in [1.165, 1.54) is 11.3 Å². The van der Waals surface area contributed by atoms with Gasteiger partial charge in [0.1, 0.15) is 17.3 Å². The second kappa shape index (κ2) is 7.73. The quantitative estimate of drug-likeness (QED) is 0.655. The zero-order valence-corrected chi connectivity index (χ0v) is 17.1. The van der Waals surface area contributed by atoms with Crippen molar-refractivity contribution in [2.75, 3.05) is 11.4 Å². The van der Waals surface area contributed by atoms with Crippen molar-refractivity contribution in [2.45, 2.75) is 52.4 Å². The topological polar surface area (TPSA) is 85.2 Å². The third-order valence-electron chi connectivity index (χ3n) is 6.05. The number of aliphatic hydroxyl groups excluding tert-OH is 1. The van der Waals surface area contributed by atoms with Crippen molar-refractivity contribution < 1.29 is 23.5 Å². The molecule has 0 radical (unpaired) electrons. The normalized spacial score (nSPS) is 29.0. The van der Waals surface area contributed by atoms with Gasteiger partial charge in [0.2, 0.25) is 12.3 Å². The lowest BCUT2D eigenvalue weighted by molar-refractivity contribution is -0.122. The van der Waals surface area contributed by atoms with E-state index >= 15 is 0 Å². The first-order valence-corrected chi connectivity index (χ1v) is 10.6. The number of amides is 1. The van der Waals surface area contributed by atoms with E-state index in [-0.39, 0.29) is 12.3 Å². The number of alkyl halides is 2. The predicted octanol–water partition coefficient (Wildman–Crippen LogP) is 2.53. The van der Waals surface area contributed by atoms with E-state index in [0.717, 1.165) is 34.0 Å². The maximum absolute atomic E-state index is 13.2. The lowest BCUT2D eigenvalue weighted by Gasteiger charge is -2.31. The fraction of sp³-hybridized carbons (Fsp3) is 0.632. The van der Waals surface area contributed by atoms with Crippen LogP contribution in [0.2, 0.25) is 0 Å². The fourth-order valence-corrected chi connectivity index (χ4v) is 5.42. The molecule has 1 saturated carbocycles. The summed E-state index contributed by atoms with van der Waals surface area (Å²) in [5, 5.41) is 11.6. The van der Waals surface area contributed by atoms with Gasteiger partial charge in [0, 0.05) is 4.88 Å². The number of nitrogens with zero attached hydrogens (tertiary/aromatic N) is 3. The predicted molar refractivity (Wildman–Crippen MR) is 105 cm³/mol. The Labute approximate surface area is 171 Å². The summed E-state index contributed by atoms with van der Waals surface area (Å²) in [4.78, 5) is 31.7. The first-order chi connectivity index (χ1) is 13.8. The molecular weight excluding hydrogens is 402 g/mol. The van der Waals surface area contributed by atoms with Crippen molar-refractivity contribution in [1.82, 2.24) is 10.4 Å². The Morgan fingerprint density at radius 3 is 2.69 bits per heavy atom. The first kappa shape index (κ1) is 20.4. The third-order valence-corrected chi connectivity index (χ3v) is 7.35. The van der Waals surface area contributed by atoms with E-state index in [2.05, 4.69) is 17.3 Å². The van der Waals surface area contributed by atoms with Crippen LogP contribution in [0.25, 0.3) is 0 Å². The largest absolute Gasteiger partial charge is 0.358 e. The number of ketones is 1. The van der Waals surface area contributed by atoms with Gasteiger partial charge in [0.25, 0.3) is 6.43 Å². The number of fused-ring (bicyclic) bond motifs is 1. The average Bonchev–Trinajstić information content (AvgIpc) is 3.05. The summed E-state index contributed by atoms with van der Waals surface area (Å²) in [6.45, 7) is 3.42. The van der Waals surface area contributed by atoms with Gasteiger partial charge in [0.15, 0.2) is 5.78 Å². The minimum atomic E-state index is -2.69. The van der Waals surface area contributed by atoms with Gasteiger partial charge in [-0.25, -0.2) is 13.8 Å². The highest BCUT2D eigenvalue weighted by Crippen LogP contribution is 2.46. The van der Waals surface area contributed by atoms with E-state index in [1.807, 2.05) is 0 Å². The van der Waals surface area contributed by atoms with E-state index in [1.54, 1.807) is 6.92 Å². The number of nitrogens with one attached hydrogen (secondary N) is 1. The summed E-state index contributed by atoms with van der Waals surface area (Å²) in [5.74, 6) is -0.564. The number of hydrogen-bond donors (Lipinski definition) is 2. The molecule has 1 aliphatic carbocycles. The van der Waals surface area contributed by atoms with Crippen molar-refractivity contribution in [3.05, 3.63) is 16.0 Å². The first-order valence-electron chi connectivity index (χ1n) is 9.76. The van der Waals surface area contributed by atoms with Crippen LogP contribution in [0.4, 0.5) is 13.8 Å². The summed E-state index contributed by atoms with van der Waals surface area (Å²) in [5.41, 5.74) is 3.83. The molecule has 1 amide bonds. The number of halogens is 2. The molecule has 1 fully saturated rings. The average molecular weight is 426 g/mol. The number of aliphatic hydroxyl groups is 1. The Balaban J connectivity index is 1.63. The molecule has 0 bridgehead atoms. The molecule has 0 aromatic carbocycles. The van der Waals surface area contributed by atoms with E-state index in [4.69, 9.17) is 0 Å². The highest BCUT2D eigenvalue weighted by atomic mass is 32.1. The molecule has 2 unspecified atom stereocenters. The van der Waals surface area contributed by atoms with Crippen LogP contribution in [-0.2, 0) is 11.3 Å². The zero-order valence-electron chi connectivity index (χ0n) is 16.3. The number of hydrazine groups is 1. The number of carbonyl (C=O) groups is 2. The van der Waals surface area contributed by atoms with E-state index in [9.17, 15) is 23.5 Å². The van der Waals surface area contributed by atoms with Crippen molar-refractivity contribution in [1.29, 1.82) is 0 Å². The van der Waals surface area contributed by atoms with Crippen molar-refractivity contribution >= 4 is 34.4 Å². The Morgan fingerprint density at radius 1 is 1.38 bits per heavy atom. The molecule has 10 heteroatoms. The van der Waals surface area contributed by atoms with E-state index in [0.29, 0.717) is 34.4 Å². The second-order valence-electron chi connectivity index (χ2n) is 8.02. The number of carbonyl (C=O) groups excluding carboxylic acids is 2. The monoisotopic (exact) mass is 426 g/mol. The van der Waals surface area contributed by atoms with Crippen molar-refractivity contribution in [3.63, 3.8) is 0 Å². The van der Waals surface area contributed by atoms with Gasteiger partial charge in [-0.3, -0.25) is 14.5 Å². The number of anilines is 1. The standard InChI is InChI=1S/C19H24F2N4O3S/c1-9-5-11(9)3-4-12-16(26)15-10(2)13(6-25-19(28)22-8-23-25)29-18(15)24(17(12)27)7-14(20)21/h8-9,11-12,14,19,28H,3-7H2,1-2H3,(H,22,23)/t9-,11-,12?,19?/m0/s1. The molecule has 2 aliphatic heterocycles. The van der Waals surface area contributed by atoms with Crippen LogP contribution in [0.1, 0.15) is 47.0 Å². The van der Waals surface area contributed by atoms with Gasteiger partial charge in [-0.05, 0) is 43.6 Å². The minimum absolute atomic E-state index is 0.235. The summed E-state index contributed by atoms with van der Waals surface area (Å²) < 4.78 is 26.5. The van der Waals surface area contributed by atoms with Crippen molar-refractivity contribution in [3.8, 4) is 0 Å². The minimum Gasteiger partial charge on any atom is -0.358 e. The number of rotatable bonds is 7. The zero-order chi connectivity index (χ0) is 20.9. The molecular formula is C19H24F2N4O3S. The molecule has 4 rings (SSSR count). The molecule has 3 aliphatic rings. The van der Waals surface area contributed by atoms with Crippen LogP contribution in [-0.4, -0.2) is 47.5 Å². The molecule has 7 nitrogen and oxygen atoms in total. The summed E-state index contributed by atoms with van der Waals surface area (Å²) in [6.07, 6.45) is -0.132. The molecule has 29 heavy (non-hydrogen) atoms. The van der Waals surface area contributed by atoms with Crippen LogP contribution in [0.15, 0.2) is 4.99 Å². The van der Waals surface area contributed by atoms with Crippen LogP contribution < -0.4 is 10.3 Å². The van der Waals surface area contributed by atoms with Gasteiger partial charge in [-0.2, -0.15) is 5.01 Å². The van der Waals surface area contributed by atoms with Crippen LogP contribution >= 0.6 is 11.3 Å². The van der Waals surface area contributed by atoms with Gasteiger partial charge in [-0.1, -0.05) is 6.92 Å². The Morgan fingerprint density at radius 2 is 2.10 bits per heavy atom. The van der Waals surface area contributed by atoms with Crippen molar-refractivity contribution in [2.24, 2.45) is 22.7 Å². The van der Waals surface area contributed by atoms with Gasteiger partial charge in [0.05, 0.1) is 18.7 Å². The molecule has 3 heterocycles. The summed E-state index contributed by atoms with van der Waals surface area (Å²) >= 11 is 1.15. The fourth-order valence-electron chi connectivity index (χ4n) is 4.10. The van der Waals surface area contributed by atoms with Gasteiger partial charge < -0.3 is 10.5 Å². The lowest BCUT2D eigenvalue weighted by atomic mass is 9.87. The number of hydrogen-bond acceptors (Lipinski definition) is 7. The van der Waals surface area contributed by atoms with Crippen LogP contribution in [0.5, 0.6) is 0 Å². The number of thiophene rings is 1. The molecule has 0 saturated heterocycles. The Kier molecular flexibility index (Phi) is 5.43. The third kappa shape index (κ3) is 3.80. The summed E-state index contributed by atoms with van der Waals surface area (Å²) in [7, 11) is 0. The highest BCUT2D eigenvalue weighted by Gasteiger charge is 2.44. The second-order valence-corrected chi connectivity index (χ2v) is 9.10. The Bertz CT molecular complexity index is 859. The smallest absolute Gasteiger partial charge is 0.256 e. The van der Waals surface area contributed by atoms with E-state index < -0.39 is 31.1 Å². The molecule has 4 atom stereocenters. The molecule has 1 aromatic heterocycles. The van der Waals surface area contributed by atoms with Gasteiger partial charge in [-0.15, -0.1) is 11.3 Å². The molecule has 1 aromatic rings. The maximum Gasteiger partial charge on any atom is 0.256 e. The van der Waals surface area contributed by atoms with Crippen LogP contribution in [0.3, 0.4) is 0 Å². The number of Topliss-reactive ketones (excluding diaryl/α,β-unsaturated/α-hetero) is 1. The SMILES string of the molecule is Cc1c(CN2NC=NC2O)sc2c1C(=O)C(CC[C@H]1C[C@@H]1C)C(=O)N2CC(F)F. The number of aliphatic imine (C=N–C) groups is 1. The lowest BCUT2D eigenvalue weighted by Crippen LogP contribution is -2.46. The molecule has 0 spiro atoms. The summed E-state index contributed by atoms with van der Waals surface area (Å²) in [6, 6.07) is 0.